The van der Waals surface area contributed by atoms with E-state index in [9.17, 15) is 9.18 Å². The highest BCUT2D eigenvalue weighted by Crippen LogP contribution is 2.37. The van der Waals surface area contributed by atoms with E-state index in [1.165, 1.54) is 24.0 Å². The van der Waals surface area contributed by atoms with Gasteiger partial charge in [0.15, 0.2) is 5.69 Å². The van der Waals surface area contributed by atoms with E-state index in [0.29, 0.717) is 10.8 Å². The third kappa shape index (κ3) is 3.78. The number of hydrogen-bond acceptors (Lipinski definition) is 5. The molecular formula is C18H20ClFN4OS. The molecule has 1 atom stereocenters. The lowest BCUT2D eigenvalue weighted by atomic mass is 10.0. The molecule has 0 radical (unpaired) electrons. The summed E-state index contributed by atoms with van der Waals surface area (Å²) in [5.41, 5.74) is 0.934. The zero-order valence-corrected chi connectivity index (χ0v) is 16.2. The normalized spacial score (nSPS) is 16.1. The van der Waals surface area contributed by atoms with Crippen LogP contribution in [0.25, 0.3) is 0 Å². The third-order valence-corrected chi connectivity index (χ3v) is 5.76. The SMILES string of the molecule is CCN(CC)c1ncc(Cl)c(C(=O)N[C@H]2CCSc3c(F)cccc32)n1. The second-order valence-corrected chi connectivity index (χ2v) is 7.37. The largest absolute Gasteiger partial charge is 0.344 e. The minimum Gasteiger partial charge on any atom is -0.344 e. The van der Waals surface area contributed by atoms with E-state index >= 15 is 0 Å². The number of hydrogen-bond donors (Lipinski definition) is 1. The van der Waals surface area contributed by atoms with Crippen LogP contribution in [0.1, 0.15) is 42.4 Å². The molecule has 1 aliphatic rings. The van der Waals surface area contributed by atoms with Crippen molar-refractivity contribution in [3.63, 3.8) is 0 Å². The van der Waals surface area contributed by atoms with Crippen LogP contribution in [-0.4, -0.2) is 34.7 Å². The van der Waals surface area contributed by atoms with Gasteiger partial charge in [0.1, 0.15) is 5.82 Å². The van der Waals surface area contributed by atoms with Crippen molar-refractivity contribution in [2.45, 2.75) is 31.2 Å². The number of anilines is 1. The number of fused-ring (bicyclic) bond motifs is 1. The van der Waals surface area contributed by atoms with Gasteiger partial charge in [-0.25, -0.2) is 14.4 Å². The first-order valence-electron chi connectivity index (χ1n) is 8.54. The highest BCUT2D eigenvalue weighted by Gasteiger charge is 2.26. The van der Waals surface area contributed by atoms with Crippen molar-refractivity contribution in [1.29, 1.82) is 0 Å². The molecule has 2 heterocycles. The van der Waals surface area contributed by atoms with Gasteiger partial charge in [-0.15, -0.1) is 11.8 Å². The Morgan fingerprint density at radius 2 is 2.19 bits per heavy atom. The molecule has 2 aromatic rings. The number of halogens is 2. The van der Waals surface area contributed by atoms with Gasteiger partial charge in [-0.3, -0.25) is 4.79 Å². The fraction of sp³-hybridized carbons (Fsp3) is 0.389. The van der Waals surface area contributed by atoms with Crippen LogP contribution >= 0.6 is 23.4 Å². The number of carbonyl (C=O) groups is 1. The molecule has 1 aromatic carbocycles. The lowest BCUT2D eigenvalue weighted by molar-refractivity contribution is 0.0929. The molecule has 1 aliphatic heterocycles. The summed E-state index contributed by atoms with van der Waals surface area (Å²) < 4.78 is 14.0. The molecule has 0 saturated carbocycles. The second kappa shape index (κ2) is 8.22. The van der Waals surface area contributed by atoms with Crippen LogP contribution in [0.3, 0.4) is 0 Å². The molecule has 3 rings (SSSR count). The van der Waals surface area contributed by atoms with Crippen LogP contribution in [0.2, 0.25) is 5.02 Å². The summed E-state index contributed by atoms with van der Waals surface area (Å²) in [7, 11) is 0. The monoisotopic (exact) mass is 394 g/mol. The first-order valence-corrected chi connectivity index (χ1v) is 9.91. The summed E-state index contributed by atoms with van der Waals surface area (Å²) in [4.78, 5) is 23.9. The number of nitrogens with one attached hydrogen (secondary N) is 1. The van der Waals surface area contributed by atoms with E-state index in [4.69, 9.17) is 11.6 Å². The molecule has 8 heteroatoms. The Bertz CT molecular complexity index is 816. The maximum absolute atomic E-state index is 14.0. The van der Waals surface area contributed by atoms with Crippen LogP contribution in [0.5, 0.6) is 0 Å². The topological polar surface area (TPSA) is 58.1 Å². The quantitative estimate of drug-likeness (QED) is 0.827. The molecule has 1 aromatic heterocycles. The van der Waals surface area contributed by atoms with Crippen LogP contribution in [-0.2, 0) is 0 Å². The highest BCUT2D eigenvalue weighted by atomic mass is 35.5. The Labute approximate surface area is 161 Å². The predicted octanol–water partition coefficient (Wildman–Crippen LogP) is 4.08. The summed E-state index contributed by atoms with van der Waals surface area (Å²) in [6.45, 7) is 5.44. The first kappa shape index (κ1) is 18.9. The number of amides is 1. The summed E-state index contributed by atoms with van der Waals surface area (Å²) in [5, 5.41) is 3.15. The van der Waals surface area contributed by atoms with Gasteiger partial charge < -0.3 is 10.2 Å². The molecule has 1 amide bonds. The Morgan fingerprint density at radius 3 is 2.92 bits per heavy atom. The second-order valence-electron chi connectivity index (χ2n) is 5.86. The maximum Gasteiger partial charge on any atom is 0.272 e. The Hall–Kier alpha value is -1.86. The fourth-order valence-corrected chi connectivity index (χ4v) is 4.26. The third-order valence-electron chi connectivity index (χ3n) is 4.32. The van der Waals surface area contributed by atoms with Gasteiger partial charge in [0.05, 0.1) is 17.3 Å². The minimum absolute atomic E-state index is 0.139. The molecule has 0 unspecified atom stereocenters. The van der Waals surface area contributed by atoms with E-state index in [1.807, 2.05) is 24.8 Å². The Kier molecular flexibility index (Phi) is 5.98. The predicted molar refractivity (Wildman–Crippen MR) is 103 cm³/mol. The molecule has 0 bridgehead atoms. The summed E-state index contributed by atoms with van der Waals surface area (Å²) in [6.07, 6.45) is 2.17. The van der Waals surface area contributed by atoms with Gasteiger partial charge >= 0.3 is 0 Å². The summed E-state index contributed by atoms with van der Waals surface area (Å²) in [6, 6.07) is 4.68. The molecule has 138 valence electrons. The minimum atomic E-state index is -0.377. The standard InChI is InChI=1S/C18H20ClFN4OS/c1-3-24(4-2)18-21-10-12(19)15(23-18)17(25)22-14-8-9-26-16-11(14)6-5-7-13(16)20/h5-7,10,14H,3-4,8-9H2,1-2H3,(H,22,25)/t14-/m0/s1. The number of carbonyl (C=O) groups excluding carboxylic acids is 1. The van der Waals surface area contributed by atoms with Gasteiger partial charge in [-0.05, 0) is 31.9 Å². The number of thioether (sulfide) groups is 1. The van der Waals surface area contributed by atoms with Gasteiger partial charge in [-0.2, -0.15) is 0 Å². The van der Waals surface area contributed by atoms with Crippen LogP contribution in [0.15, 0.2) is 29.3 Å². The molecule has 0 saturated heterocycles. The first-order chi connectivity index (χ1) is 12.5. The van der Waals surface area contributed by atoms with Crippen molar-refractivity contribution in [1.82, 2.24) is 15.3 Å². The molecule has 0 fully saturated rings. The Morgan fingerprint density at radius 1 is 1.42 bits per heavy atom. The molecule has 0 spiro atoms. The van der Waals surface area contributed by atoms with Crippen LogP contribution < -0.4 is 10.2 Å². The molecule has 26 heavy (non-hydrogen) atoms. The maximum atomic E-state index is 14.0. The van der Waals surface area contributed by atoms with Crippen molar-refractivity contribution in [3.8, 4) is 0 Å². The van der Waals surface area contributed by atoms with Crippen LogP contribution in [0, 0.1) is 5.82 Å². The van der Waals surface area contributed by atoms with E-state index in [1.54, 1.807) is 6.07 Å². The summed E-state index contributed by atoms with van der Waals surface area (Å²) in [5.74, 6) is 0.574. The van der Waals surface area contributed by atoms with E-state index < -0.39 is 0 Å². The number of aromatic nitrogens is 2. The molecular weight excluding hydrogens is 375 g/mol. The zero-order chi connectivity index (χ0) is 18.7. The van der Waals surface area contributed by atoms with E-state index in [2.05, 4.69) is 15.3 Å². The van der Waals surface area contributed by atoms with Crippen molar-refractivity contribution >= 4 is 35.2 Å². The Balaban J connectivity index is 1.86. The van der Waals surface area contributed by atoms with Gasteiger partial charge in [0.25, 0.3) is 5.91 Å². The van der Waals surface area contributed by atoms with Crippen molar-refractivity contribution < 1.29 is 9.18 Å². The fourth-order valence-electron chi connectivity index (χ4n) is 2.94. The van der Waals surface area contributed by atoms with Gasteiger partial charge in [0.2, 0.25) is 5.95 Å². The molecule has 0 aliphatic carbocycles. The number of nitrogens with zero attached hydrogens (tertiary/aromatic N) is 3. The van der Waals surface area contributed by atoms with Crippen LogP contribution in [0.4, 0.5) is 10.3 Å². The van der Waals surface area contributed by atoms with Gasteiger partial charge in [-0.1, -0.05) is 23.7 Å². The smallest absolute Gasteiger partial charge is 0.272 e. The van der Waals surface area contributed by atoms with E-state index in [0.717, 1.165) is 30.8 Å². The average Bonchev–Trinajstić information content (AvgIpc) is 2.65. The van der Waals surface area contributed by atoms with Crippen molar-refractivity contribution in [3.05, 3.63) is 46.5 Å². The molecule has 5 nitrogen and oxygen atoms in total. The number of benzene rings is 1. The zero-order valence-electron chi connectivity index (χ0n) is 14.6. The van der Waals surface area contributed by atoms with Crippen molar-refractivity contribution in [2.24, 2.45) is 0 Å². The molecule has 1 N–H and O–H groups in total. The number of rotatable bonds is 5. The van der Waals surface area contributed by atoms with E-state index in [-0.39, 0.29) is 28.5 Å². The lowest BCUT2D eigenvalue weighted by Crippen LogP contribution is -2.32. The van der Waals surface area contributed by atoms with Crippen molar-refractivity contribution in [2.75, 3.05) is 23.7 Å². The average molecular weight is 395 g/mol. The highest BCUT2D eigenvalue weighted by molar-refractivity contribution is 7.99. The van der Waals surface area contributed by atoms with Gasteiger partial charge in [0, 0.05) is 23.7 Å². The lowest BCUT2D eigenvalue weighted by Gasteiger charge is -2.26. The summed E-state index contributed by atoms with van der Waals surface area (Å²) >= 11 is 7.63.